The average molecular weight is 409 g/mol. The second-order valence-electron chi connectivity index (χ2n) is 5.46. The highest BCUT2D eigenvalue weighted by Gasteiger charge is 2.19. The maximum absolute atomic E-state index is 12.1. The van der Waals surface area contributed by atoms with Crippen LogP contribution in [0.2, 0.25) is 0 Å². The third-order valence-corrected chi connectivity index (χ3v) is 5.29. The Morgan fingerprint density at radius 3 is 2.78 bits per heavy atom. The third kappa shape index (κ3) is 4.45. The van der Waals surface area contributed by atoms with Crippen molar-refractivity contribution in [3.8, 4) is 17.3 Å². The number of carbonyl (C=O) groups is 1. The molecule has 1 amide bonds. The molecule has 3 heterocycles. The lowest BCUT2D eigenvalue weighted by atomic mass is 10.3. The number of hydrogen-bond acceptors (Lipinski definition) is 9. The van der Waals surface area contributed by atoms with Gasteiger partial charge < -0.3 is 9.30 Å². The van der Waals surface area contributed by atoms with E-state index in [-0.39, 0.29) is 11.7 Å². The molecule has 0 saturated heterocycles. The van der Waals surface area contributed by atoms with E-state index in [0.29, 0.717) is 28.6 Å². The van der Waals surface area contributed by atoms with Gasteiger partial charge in [-0.2, -0.15) is 0 Å². The Balaban J connectivity index is 1.70. The number of hydrogen-bond donors (Lipinski definition) is 1. The van der Waals surface area contributed by atoms with Crippen LogP contribution in [0.5, 0.6) is 5.88 Å². The van der Waals surface area contributed by atoms with Gasteiger partial charge in [-0.25, -0.2) is 0 Å². The van der Waals surface area contributed by atoms with Crippen molar-refractivity contribution in [3.05, 3.63) is 11.2 Å². The van der Waals surface area contributed by atoms with E-state index in [2.05, 4.69) is 30.8 Å². The Bertz CT molecular complexity index is 932. The van der Waals surface area contributed by atoms with Crippen LogP contribution in [0.3, 0.4) is 0 Å². The second kappa shape index (κ2) is 8.48. The van der Waals surface area contributed by atoms with E-state index < -0.39 is 0 Å². The van der Waals surface area contributed by atoms with Gasteiger partial charge in [0.05, 0.1) is 12.4 Å². The zero-order chi connectivity index (χ0) is 19.4. The van der Waals surface area contributed by atoms with Gasteiger partial charge in [0.25, 0.3) is 0 Å². The van der Waals surface area contributed by atoms with Crippen LogP contribution in [0, 0.1) is 6.92 Å². The highest BCUT2D eigenvalue weighted by atomic mass is 32.2. The molecule has 144 valence electrons. The first-order valence-electron chi connectivity index (χ1n) is 8.34. The summed E-state index contributed by atoms with van der Waals surface area (Å²) < 4.78 is 9.23. The second-order valence-corrected chi connectivity index (χ2v) is 7.59. The molecule has 0 spiro atoms. The minimum Gasteiger partial charge on any atom is -0.476 e. The first-order valence-corrected chi connectivity index (χ1v) is 10.1. The Hall–Kier alpha value is -2.47. The molecule has 0 bridgehead atoms. The minimum absolute atomic E-state index is 0.172. The van der Waals surface area contributed by atoms with E-state index in [4.69, 9.17) is 4.74 Å². The fourth-order valence-corrected chi connectivity index (χ4v) is 3.59. The van der Waals surface area contributed by atoms with Crippen LogP contribution in [-0.4, -0.2) is 53.0 Å². The number of aromatic nitrogens is 7. The van der Waals surface area contributed by atoms with Crippen molar-refractivity contribution in [2.45, 2.75) is 32.5 Å². The van der Waals surface area contributed by atoms with Crippen molar-refractivity contribution in [1.29, 1.82) is 0 Å². The molecule has 3 aromatic heterocycles. The van der Waals surface area contributed by atoms with E-state index in [1.54, 1.807) is 4.68 Å². The maximum atomic E-state index is 12.1. The predicted molar refractivity (Wildman–Crippen MR) is 103 cm³/mol. The summed E-state index contributed by atoms with van der Waals surface area (Å²) in [7, 11) is 1.85. The van der Waals surface area contributed by atoms with Crippen LogP contribution in [0.15, 0.2) is 11.4 Å². The van der Waals surface area contributed by atoms with Gasteiger partial charge >= 0.3 is 0 Å². The van der Waals surface area contributed by atoms with E-state index in [9.17, 15) is 4.79 Å². The summed E-state index contributed by atoms with van der Waals surface area (Å²) in [5.41, 5.74) is 0.773. The SMILES string of the molecule is CCOc1nn(CC)cc1-c1nnc(SCC(=O)Nc2nnc(C)s2)n1C. The van der Waals surface area contributed by atoms with Crippen molar-refractivity contribution in [1.82, 2.24) is 34.7 Å². The number of anilines is 1. The Labute approximate surface area is 164 Å². The topological polar surface area (TPSA) is 113 Å². The number of ether oxygens (including phenoxy) is 1. The first-order chi connectivity index (χ1) is 13.0. The monoisotopic (exact) mass is 408 g/mol. The Morgan fingerprint density at radius 2 is 2.11 bits per heavy atom. The van der Waals surface area contributed by atoms with Crippen molar-refractivity contribution in [2.24, 2.45) is 7.05 Å². The number of amides is 1. The molecule has 0 fully saturated rings. The average Bonchev–Trinajstić information content (AvgIpc) is 3.33. The van der Waals surface area contributed by atoms with Gasteiger partial charge in [0.1, 0.15) is 10.6 Å². The molecule has 0 aromatic carbocycles. The van der Waals surface area contributed by atoms with E-state index in [0.717, 1.165) is 17.1 Å². The Kier molecular flexibility index (Phi) is 6.06. The maximum Gasteiger partial charge on any atom is 0.243 e. The van der Waals surface area contributed by atoms with Gasteiger partial charge in [0.2, 0.25) is 16.9 Å². The minimum atomic E-state index is -0.172. The lowest BCUT2D eigenvalue weighted by Crippen LogP contribution is -2.14. The molecule has 3 rings (SSSR count). The molecule has 1 N–H and O–H groups in total. The van der Waals surface area contributed by atoms with Gasteiger partial charge in [0.15, 0.2) is 11.0 Å². The van der Waals surface area contributed by atoms with Gasteiger partial charge in [-0.3, -0.25) is 14.8 Å². The molecule has 10 nitrogen and oxygen atoms in total. The fourth-order valence-electron chi connectivity index (χ4n) is 2.27. The summed E-state index contributed by atoms with van der Waals surface area (Å²) in [5.74, 6) is 1.18. The van der Waals surface area contributed by atoms with Crippen molar-refractivity contribution >= 4 is 34.1 Å². The molecule has 0 unspecified atom stereocenters. The molecule has 0 aliphatic heterocycles. The van der Waals surface area contributed by atoms with Crippen LogP contribution in [0.1, 0.15) is 18.9 Å². The Morgan fingerprint density at radius 1 is 1.30 bits per heavy atom. The number of aryl methyl sites for hydroxylation is 2. The summed E-state index contributed by atoms with van der Waals surface area (Å²) in [5, 5.41) is 25.2. The molecule has 3 aromatic rings. The van der Waals surface area contributed by atoms with Gasteiger partial charge in [-0.1, -0.05) is 23.1 Å². The fraction of sp³-hybridized carbons (Fsp3) is 0.467. The summed E-state index contributed by atoms with van der Waals surface area (Å²) in [6.07, 6.45) is 1.88. The number of nitrogens with zero attached hydrogens (tertiary/aromatic N) is 7. The van der Waals surface area contributed by atoms with Crippen LogP contribution in [0.4, 0.5) is 5.13 Å². The van der Waals surface area contributed by atoms with Crippen LogP contribution < -0.4 is 10.1 Å². The predicted octanol–water partition coefficient (Wildman–Crippen LogP) is 1.99. The smallest absolute Gasteiger partial charge is 0.243 e. The van der Waals surface area contributed by atoms with Crippen molar-refractivity contribution in [3.63, 3.8) is 0 Å². The number of nitrogens with one attached hydrogen (secondary N) is 1. The lowest BCUT2D eigenvalue weighted by molar-refractivity contribution is -0.113. The van der Waals surface area contributed by atoms with Crippen LogP contribution in [0.25, 0.3) is 11.4 Å². The molecule has 0 aliphatic rings. The largest absolute Gasteiger partial charge is 0.476 e. The summed E-state index contributed by atoms with van der Waals surface area (Å²) >= 11 is 2.63. The van der Waals surface area contributed by atoms with E-state index in [1.165, 1.54) is 23.1 Å². The van der Waals surface area contributed by atoms with E-state index in [1.807, 2.05) is 38.6 Å². The number of rotatable bonds is 8. The normalized spacial score (nSPS) is 11.0. The molecule has 0 radical (unpaired) electrons. The molecule has 27 heavy (non-hydrogen) atoms. The van der Waals surface area contributed by atoms with Crippen LogP contribution in [-0.2, 0) is 18.4 Å². The summed E-state index contributed by atoms with van der Waals surface area (Å²) in [6, 6.07) is 0. The summed E-state index contributed by atoms with van der Waals surface area (Å²) in [4.78, 5) is 12.1. The molecule has 0 aliphatic carbocycles. The molecule has 12 heteroatoms. The molecule has 0 atom stereocenters. The number of carbonyl (C=O) groups excluding carboxylic acids is 1. The van der Waals surface area contributed by atoms with Crippen molar-refractivity contribution < 1.29 is 9.53 Å². The quantitative estimate of drug-likeness (QED) is 0.563. The standard InChI is InChI=1S/C15H20N8O2S2/c1-5-23-7-10(13(21-23)25-6-2)12-18-20-15(22(12)4)26-8-11(24)16-14-19-17-9(3)27-14/h7H,5-6,8H2,1-4H3,(H,16,19,24). The van der Waals surface area contributed by atoms with E-state index >= 15 is 0 Å². The van der Waals surface area contributed by atoms with Gasteiger partial charge in [-0.15, -0.1) is 25.5 Å². The highest BCUT2D eigenvalue weighted by Crippen LogP contribution is 2.29. The zero-order valence-electron chi connectivity index (χ0n) is 15.5. The summed E-state index contributed by atoms with van der Waals surface area (Å²) in [6.45, 7) is 6.98. The number of thioether (sulfide) groups is 1. The zero-order valence-corrected chi connectivity index (χ0v) is 17.1. The van der Waals surface area contributed by atoms with Crippen molar-refractivity contribution in [2.75, 3.05) is 17.7 Å². The lowest BCUT2D eigenvalue weighted by Gasteiger charge is -2.04. The first kappa shape index (κ1) is 19.3. The van der Waals surface area contributed by atoms with Gasteiger partial charge in [0, 0.05) is 19.8 Å². The molecule has 0 saturated carbocycles. The highest BCUT2D eigenvalue weighted by molar-refractivity contribution is 7.99. The molecular weight excluding hydrogens is 388 g/mol. The van der Waals surface area contributed by atoms with Crippen LogP contribution >= 0.6 is 23.1 Å². The van der Waals surface area contributed by atoms with Gasteiger partial charge in [-0.05, 0) is 20.8 Å². The molecular formula is C15H20N8O2S2. The third-order valence-electron chi connectivity index (χ3n) is 3.51.